The Labute approximate surface area is 219 Å². The monoisotopic (exact) mass is 507 g/mol. The summed E-state index contributed by atoms with van der Waals surface area (Å²) < 4.78 is 27.1. The van der Waals surface area contributed by atoms with E-state index in [1.807, 2.05) is 12.1 Å². The van der Waals surface area contributed by atoms with E-state index in [1.165, 1.54) is 43.5 Å². The molecule has 0 bridgehead atoms. The van der Waals surface area contributed by atoms with Crippen molar-refractivity contribution in [1.82, 2.24) is 15.3 Å². The number of fused-ring (bicyclic) bond motifs is 1. The average Bonchev–Trinajstić information content (AvgIpc) is 2.87. The molecule has 0 aliphatic carbocycles. The highest BCUT2D eigenvalue weighted by atomic mass is 19.3. The molecule has 3 rings (SSSR count). The quantitative estimate of drug-likeness (QED) is 0.147. The molecule has 0 fully saturated rings. The third-order valence-corrected chi connectivity index (χ3v) is 6.47. The van der Waals surface area contributed by atoms with E-state index in [-0.39, 0.29) is 5.71 Å². The summed E-state index contributed by atoms with van der Waals surface area (Å²) in [6.45, 7) is 7.43. The molecule has 2 aromatic carbocycles. The molecule has 5 nitrogen and oxygen atoms in total. The molecule has 1 heterocycles. The van der Waals surface area contributed by atoms with E-state index in [9.17, 15) is 8.78 Å². The van der Waals surface area contributed by atoms with E-state index in [0.717, 1.165) is 47.6 Å². The molecule has 0 atom stereocenters. The molecule has 0 aliphatic rings. The SMILES string of the molecule is CCCCCc1cc2ncnc(Cc3cccc(NCN/C(C)=C/C(=N\C)C(C)(F)F)c3)c2cc1CC. The number of unbranched alkanes of at least 4 members (excludes halogenated alkanes) is 2. The summed E-state index contributed by atoms with van der Waals surface area (Å²) in [6.07, 6.45) is 9.48. The Balaban J connectivity index is 1.71. The Bertz CT molecular complexity index is 1240. The van der Waals surface area contributed by atoms with Crippen LogP contribution >= 0.6 is 0 Å². The smallest absolute Gasteiger partial charge is 0.286 e. The summed E-state index contributed by atoms with van der Waals surface area (Å²) in [6, 6.07) is 12.7. The van der Waals surface area contributed by atoms with E-state index in [1.54, 1.807) is 13.3 Å². The lowest BCUT2D eigenvalue weighted by Gasteiger charge is -2.14. The van der Waals surface area contributed by atoms with Gasteiger partial charge in [0, 0.05) is 37.2 Å². The van der Waals surface area contributed by atoms with Gasteiger partial charge in [0.05, 0.1) is 17.9 Å². The Kier molecular flexibility index (Phi) is 10.1. The van der Waals surface area contributed by atoms with E-state index >= 15 is 0 Å². The van der Waals surface area contributed by atoms with Crippen molar-refractivity contribution in [2.24, 2.45) is 4.99 Å². The predicted octanol–water partition coefficient (Wildman–Crippen LogP) is 7.10. The van der Waals surface area contributed by atoms with Crippen LogP contribution in [0.1, 0.15) is 69.3 Å². The van der Waals surface area contributed by atoms with Crippen LogP contribution in [-0.4, -0.2) is 35.3 Å². The normalized spacial score (nSPS) is 12.7. The average molecular weight is 508 g/mol. The molecule has 3 aromatic rings. The number of halogens is 2. The zero-order valence-electron chi connectivity index (χ0n) is 22.7. The van der Waals surface area contributed by atoms with Gasteiger partial charge >= 0.3 is 0 Å². The number of hydrogen-bond acceptors (Lipinski definition) is 5. The molecule has 0 saturated carbocycles. The highest BCUT2D eigenvalue weighted by Gasteiger charge is 2.27. The van der Waals surface area contributed by atoms with Crippen LogP contribution < -0.4 is 10.6 Å². The maximum absolute atomic E-state index is 13.6. The lowest BCUT2D eigenvalue weighted by Crippen LogP contribution is -2.26. The van der Waals surface area contributed by atoms with Crippen molar-refractivity contribution in [2.45, 2.75) is 72.1 Å². The molecular formula is C30H39F2N5. The first-order chi connectivity index (χ1) is 17.7. The first-order valence-electron chi connectivity index (χ1n) is 13.1. The van der Waals surface area contributed by atoms with Crippen molar-refractivity contribution in [3.05, 3.63) is 76.9 Å². The summed E-state index contributed by atoms with van der Waals surface area (Å²) >= 11 is 0. The Morgan fingerprint density at radius 2 is 1.89 bits per heavy atom. The summed E-state index contributed by atoms with van der Waals surface area (Å²) in [5.74, 6) is -2.97. The molecule has 0 unspecified atom stereocenters. The van der Waals surface area contributed by atoms with Crippen molar-refractivity contribution in [3.8, 4) is 0 Å². The molecule has 198 valence electrons. The predicted molar refractivity (Wildman–Crippen MR) is 151 cm³/mol. The second-order valence-electron chi connectivity index (χ2n) is 9.50. The van der Waals surface area contributed by atoms with E-state index in [4.69, 9.17) is 0 Å². The first kappa shape index (κ1) is 28.2. The van der Waals surface area contributed by atoms with Crippen molar-refractivity contribution >= 4 is 22.3 Å². The van der Waals surface area contributed by atoms with Crippen LogP contribution in [0, 0.1) is 0 Å². The van der Waals surface area contributed by atoms with Crippen LogP contribution in [-0.2, 0) is 19.3 Å². The summed E-state index contributed by atoms with van der Waals surface area (Å²) in [7, 11) is 1.37. The molecule has 0 aliphatic heterocycles. The van der Waals surface area contributed by atoms with Gasteiger partial charge in [-0.25, -0.2) is 9.97 Å². The van der Waals surface area contributed by atoms with Gasteiger partial charge in [0.15, 0.2) is 0 Å². The summed E-state index contributed by atoms with van der Waals surface area (Å²) in [5.41, 5.74) is 7.22. The van der Waals surface area contributed by atoms with Gasteiger partial charge in [0.2, 0.25) is 0 Å². The number of aromatic nitrogens is 2. The number of rotatable bonds is 13. The van der Waals surface area contributed by atoms with Crippen LogP contribution in [0.25, 0.3) is 10.9 Å². The molecule has 0 saturated heterocycles. The number of alkyl halides is 2. The van der Waals surface area contributed by atoms with Crippen LogP contribution in [0.15, 0.2) is 59.5 Å². The molecular weight excluding hydrogens is 468 g/mol. The highest BCUT2D eigenvalue weighted by molar-refractivity contribution is 6.00. The third-order valence-electron chi connectivity index (χ3n) is 6.47. The van der Waals surface area contributed by atoms with Crippen molar-refractivity contribution < 1.29 is 8.78 Å². The minimum absolute atomic E-state index is 0.254. The fraction of sp³-hybridized carbons (Fsp3) is 0.433. The second-order valence-corrected chi connectivity index (χ2v) is 9.50. The molecule has 1 aromatic heterocycles. The van der Waals surface area contributed by atoms with Gasteiger partial charge in [0.25, 0.3) is 5.92 Å². The van der Waals surface area contributed by atoms with E-state index in [0.29, 0.717) is 18.8 Å². The number of aliphatic imine (C=N–C) groups is 1. The molecule has 37 heavy (non-hydrogen) atoms. The van der Waals surface area contributed by atoms with Crippen molar-refractivity contribution in [3.63, 3.8) is 0 Å². The standard InChI is InChI=1S/C30H39F2N5/c1-6-8-9-12-24-18-28-26(17-23(24)7-2)27(36-20-37-28)16-22-11-10-13-25(15-22)35-19-34-21(3)14-29(33-5)30(4,31)32/h10-11,13-15,17-18,20,34-35H,6-9,12,16,19H2,1-5H3/b21-14+,33-29+. The molecule has 0 radical (unpaired) electrons. The minimum Gasteiger partial charge on any atom is -0.371 e. The number of anilines is 1. The largest absolute Gasteiger partial charge is 0.371 e. The third kappa shape index (κ3) is 8.07. The van der Waals surface area contributed by atoms with Crippen LogP contribution in [0.3, 0.4) is 0 Å². The zero-order valence-corrected chi connectivity index (χ0v) is 22.7. The van der Waals surface area contributed by atoms with Crippen LogP contribution in [0.5, 0.6) is 0 Å². The topological polar surface area (TPSA) is 62.2 Å². The van der Waals surface area contributed by atoms with Gasteiger partial charge < -0.3 is 10.6 Å². The maximum Gasteiger partial charge on any atom is 0.286 e. The molecule has 2 N–H and O–H groups in total. The Morgan fingerprint density at radius 1 is 1.08 bits per heavy atom. The van der Waals surface area contributed by atoms with Crippen LogP contribution in [0.2, 0.25) is 0 Å². The summed E-state index contributed by atoms with van der Waals surface area (Å²) in [5, 5.41) is 7.53. The fourth-order valence-corrected chi connectivity index (χ4v) is 4.43. The van der Waals surface area contributed by atoms with Gasteiger partial charge in [-0.15, -0.1) is 0 Å². The van der Waals surface area contributed by atoms with Gasteiger partial charge in [-0.1, -0.05) is 38.8 Å². The number of nitrogens with zero attached hydrogens (tertiary/aromatic N) is 3. The van der Waals surface area contributed by atoms with Crippen molar-refractivity contribution in [2.75, 3.05) is 19.0 Å². The number of benzene rings is 2. The number of allylic oxidation sites excluding steroid dienone is 2. The number of aryl methyl sites for hydroxylation is 2. The fourth-order valence-electron chi connectivity index (χ4n) is 4.43. The lowest BCUT2D eigenvalue weighted by atomic mass is 9.95. The second kappa shape index (κ2) is 13.3. The summed E-state index contributed by atoms with van der Waals surface area (Å²) in [4.78, 5) is 12.9. The van der Waals surface area contributed by atoms with Crippen LogP contribution in [0.4, 0.5) is 14.5 Å². The zero-order chi connectivity index (χ0) is 26.8. The minimum atomic E-state index is -2.97. The maximum atomic E-state index is 13.6. The Hall–Kier alpha value is -3.35. The number of hydrogen-bond donors (Lipinski definition) is 2. The molecule has 0 spiro atoms. The van der Waals surface area contributed by atoms with E-state index in [2.05, 4.69) is 63.7 Å². The van der Waals surface area contributed by atoms with Gasteiger partial charge in [-0.2, -0.15) is 8.78 Å². The van der Waals surface area contributed by atoms with Gasteiger partial charge in [-0.3, -0.25) is 4.99 Å². The van der Waals surface area contributed by atoms with Gasteiger partial charge in [-0.05, 0) is 73.2 Å². The van der Waals surface area contributed by atoms with Gasteiger partial charge in [0.1, 0.15) is 12.0 Å². The molecule has 0 amide bonds. The first-order valence-corrected chi connectivity index (χ1v) is 13.1. The van der Waals surface area contributed by atoms with E-state index < -0.39 is 5.92 Å². The lowest BCUT2D eigenvalue weighted by molar-refractivity contribution is 0.101. The highest BCUT2D eigenvalue weighted by Crippen LogP contribution is 2.25. The van der Waals surface area contributed by atoms with Crippen molar-refractivity contribution in [1.29, 1.82) is 0 Å². The molecule has 7 heteroatoms. The Morgan fingerprint density at radius 3 is 2.59 bits per heavy atom. The number of nitrogens with one attached hydrogen (secondary N) is 2.